The molecule has 3 heteroatoms. The van der Waals surface area contributed by atoms with Gasteiger partial charge in [0.2, 0.25) is 0 Å². The second kappa shape index (κ2) is 7.50. The smallest absolute Gasteiger partial charge is 0.141 e. The Labute approximate surface area is 158 Å². The SMILES string of the molecule is Cc1cc(CC(=O)Cc2ccc3[nH]ccc3c2)ccc1Oc1ccccc1. The molecule has 0 amide bonds. The van der Waals surface area contributed by atoms with Crippen molar-refractivity contribution in [2.24, 2.45) is 0 Å². The van der Waals surface area contributed by atoms with E-state index in [0.717, 1.165) is 39.1 Å². The number of aryl methyl sites for hydroxylation is 1. The van der Waals surface area contributed by atoms with Gasteiger partial charge in [0.15, 0.2) is 0 Å². The Hall–Kier alpha value is -3.33. The molecule has 0 aliphatic heterocycles. The third-order valence-electron chi connectivity index (χ3n) is 4.63. The molecule has 0 unspecified atom stereocenters. The summed E-state index contributed by atoms with van der Waals surface area (Å²) in [6.07, 6.45) is 2.79. The van der Waals surface area contributed by atoms with Crippen molar-refractivity contribution < 1.29 is 9.53 Å². The Morgan fingerprint density at radius 3 is 2.41 bits per heavy atom. The number of carbonyl (C=O) groups is 1. The highest BCUT2D eigenvalue weighted by Gasteiger charge is 2.09. The predicted molar refractivity (Wildman–Crippen MR) is 108 cm³/mol. The van der Waals surface area contributed by atoms with Crippen molar-refractivity contribution in [2.45, 2.75) is 19.8 Å². The fraction of sp³-hybridized carbons (Fsp3) is 0.125. The molecule has 3 aromatic carbocycles. The number of nitrogens with one attached hydrogen (secondary N) is 1. The topological polar surface area (TPSA) is 42.1 Å². The number of rotatable bonds is 6. The van der Waals surface area contributed by atoms with Crippen molar-refractivity contribution in [1.29, 1.82) is 0 Å². The lowest BCUT2D eigenvalue weighted by atomic mass is 10.0. The van der Waals surface area contributed by atoms with Gasteiger partial charge in [0.25, 0.3) is 0 Å². The Balaban J connectivity index is 1.42. The molecule has 1 heterocycles. The second-order valence-corrected chi connectivity index (χ2v) is 6.81. The monoisotopic (exact) mass is 355 g/mol. The average molecular weight is 355 g/mol. The van der Waals surface area contributed by atoms with Crippen LogP contribution in [0, 0.1) is 6.92 Å². The molecule has 0 fully saturated rings. The van der Waals surface area contributed by atoms with E-state index < -0.39 is 0 Å². The van der Waals surface area contributed by atoms with Crippen LogP contribution in [0.2, 0.25) is 0 Å². The summed E-state index contributed by atoms with van der Waals surface area (Å²) >= 11 is 0. The van der Waals surface area contributed by atoms with E-state index in [2.05, 4.69) is 11.1 Å². The van der Waals surface area contributed by atoms with Crippen molar-refractivity contribution in [2.75, 3.05) is 0 Å². The van der Waals surface area contributed by atoms with Crippen LogP contribution in [0.25, 0.3) is 10.9 Å². The molecule has 0 radical (unpaired) electrons. The number of aromatic nitrogens is 1. The molecule has 0 saturated heterocycles. The van der Waals surface area contributed by atoms with Crippen LogP contribution in [0.1, 0.15) is 16.7 Å². The van der Waals surface area contributed by atoms with Crippen LogP contribution in [-0.4, -0.2) is 10.8 Å². The highest BCUT2D eigenvalue weighted by molar-refractivity contribution is 5.86. The molecule has 4 rings (SSSR count). The lowest BCUT2D eigenvalue weighted by Crippen LogP contribution is -2.06. The third-order valence-corrected chi connectivity index (χ3v) is 4.63. The van der Waals surface area contributed by atoms with Gasteiger partial charge in [0, 0.05) is 24.6 Å². The average Bonchev–Trinajstić information content (AvgIpc) is 3.12. The molecule has 134 valence electrons. The van der Waals surface area contributed by atoms with Gasteiger partial charge in [0.1, 0.15) is 17.3 Å². The number of benzene rings is 3. The zero-order chi connectivity index (χ0) is 18.6. The molecule has 0 bridgehead atoms. The standard InChI is InChI=1S/C24H21NO2/c1-17-13-18(8-10-24(17)27-22-5-3-2-4-6-22)15-21(26)16-19-7-9-23-20(14-19)11-12-25-23/h2-14,25H,15-16H2,1H3. The maximum atomic E-state index is 12.5. The van der Waals surface area contributed by atoms with Crippen molar-refractivity contribution in [3.8, 4) is 11.5 Å². The molecule has 0 spiro atoms. The highest BCUT2D eigenvalue weighted by Crippen LogP contribution is 2.26. The maximum Gasteiger partial charge on any atom is 0.141 e. The fourth-order valence-electron chi connectivity index (χ4n) is 3.28. The number of hydrogen-bond donors (Lipinski definition) is 1. The minimum Gasteiger partial charge on any atom is -0.457 e. The first-order valence-corrected chi connectivity index (χ1v) is 9.07. The van der Waals surface area contributed by atoms with Crippen LogP contribution in [0.3, 0.4) is 0 Å². The number of aromatic amines is 1. The van der Waals surface area contributed by atoms with Crippen molar-refractivity contribution in [3.63, 3.8) is 0 Å². The van der Waals surface area contributed by atoms with Crippen LogP contribution in [0.4, 0.5) is 0 Å². The van der Waals surface area contributed by atoms with E-state index >= 15 is 0 Å². The molecule has 3 nitrogen and oxygen atoms in total. The Kier molecular flexibility index (Phi) is 4.75. The van der Waals surface area contributed by atoms with Crippen LogP contribution in [0.15, 0.2) is 79.0 Å². The van der Waals surface area contributed by atoms with E-state index in [0.29, 0.717) is 12.8 Å². The quantitative estimate of drug-likeness (QED) is 0.487. The molecule has 0 aliphatic rings. The van der Waals surface area contributed by atoms with Gasteiger partial charge in [-0.15, -0.1) is 0 Å². The van der Waals surface area contributed by atoms with E-state index in [1.807, 2.05) is 79.9 Å². The number of fused-ring (bicyclic) bond motifs is 1. The van der Waals surface area contributed by atoms with Crippen LogP contribution >= 0.6 is 0 Å². The summed E-state index contributed by atoms with van der Waals surface area (Å²) in [6, 6.07) is 23.8. The number of ether oxygens (including phenoxy) is 1. The second-order valence-electron chi connectivity index (χ2n) is 6.81. The minimum atomic E-state index is 0.209. The maximum absolute atomic E-state index is 12.5. The number of ketones is 1. The Morgan fingerprint density at radius 1 is 0.889 bits per heavy atom. The summed E-state index contributed by atoms with van der Waals surface area (Å²) in [7, 11) is 0. The molecule has 0 saturated carbocycles. The molecule has 27 heavy (non-hydrogen) atoms. The Morgan fingerprint density at radius 2 is 1.63 bits per heavy atom. The number of Topliss-reactive ketones (excluding diaryl/α,β-unsaturated/α-hetero) is 1. The first-order chi connectivity index (χ1) is 13.2. The summed E-state index contributed by atoms with van der Waals surface area (Å²) in [5.41, 5.74) is 4.18. The van der Waals surface area contributed by atoms with Gasteiger partial charge in [-0.05, 0) is 65.4 Å². The zero-order valence-corrected chi connectivity index (χ0v) is 15.2. The van der Waals surface area contributed by atoms with Gasteiger partial charge in [-0.1, -0.05) is 36.4 Å². The van der Waals surface area contributed by atoms with Crippen LogP contribution < -0.4 is 4.74 Å². The van der Waals surface area contributed by atoms with E-state index in [-0.39, 0.29) is 5.78 Å². The molecule has 0 aliphatic carbocycles. The molecule has 1 aromatic heterocycles. The number of carbonyl (C=O) groups excluding carboxylic acids is 1. The highest BCUT2D eigenvalue weighted by atomic mass is 16.5. The summed E-state index contributed by atoms with van der Waals surface area (Å²) in [4.78, 5) is 15.7. The first-order valence-electron chi connectivity index (χ1n) is 9.07. The van der Waals surface area contributed by atoms with Crippen LogP contribution in [-0.2, 0) is 17.6 Å². The largest absolute Gasteiger partial charge is 0.457 e. The summed E-state index contributed by atoms with van der Waals surface area (Å²) in [6.45, 7) is 2.01. The van der Waals surface area contributed by atoms with E-state index in [4.69, 9.17) is 4.74 Å². The fourth-order valence-corrected chi connectivity index (χ4v) is 3.28. The van der Waals surface area contributed by atoms with Crippen LogP contribution in [0.5, 0.6) is 11.5 Å². The zero-order valence-electron chi connectivity index (χ0n) is 15.2. The van der Waals surface area contributed by atoms with E-state index in [9.17, 15) is 4.79 Å². The van der Waals surface area contributed by atoms with Gasteiger partial charge in [-0.2, -0.15) is 0 Å². The van der Waals surface area contributed by atoms with Gasteiger partial charge < -0.3 is 9.72 Å². The van der Waals surface area contributed by atoms with E-state index in [1.54, 1.807) is 0 Å². The summed E-state index contributed by atoms with van der Waals surface area (Å²) in [5.74, 6) is 1.83. The van der Waals surface area contributed by atoms with Crippen molar-refractivity contribution in [3.05, 3.63) is 95.7 Å². The molecular formula is C24H21NO2. The van der Waals surface area contributed by atoms with Crippen molar-refractivity contribution >= 4 is 16.7 Å². The summed E-state index contributed by atoms with van der Waals surface area (Å²) in [5, 5.41) is 1.14. The lowest BCUT2D eigenvalue weighted by molar-refractivity contribution is -0.117. The number of hydrogen-bond acceptors (Lipinski definition) is 2. The third kappa shape index (κ3) is 4.09. The Bertz CT molecular complexity index is 1080. The normalized spacial score (nSPS) is 10.9. The summed E-state index contributed by atoms with van der Waals surface area (Å²) < 4.78 is 5.91. The molecule has 0 atom stereocenters. The number of para-hydroxylation sites is 1. The van der Waals surface area contributed by atoms with Crippen molar-refractivity contribution in [1.82, 2.24) is 4.98 Å². The molecular weight excluding hydrogens is 334 g/mol. The van der Waals surface area contributed by atoms with Gasteiger partial charge >= 0.3 is 0 Å². The first kappa shape index (κ1) is 17.1. The lowest BCUT2D eigenvalue weighted by Gasteiger charge is -2.10. The van der Waals surface area contributed by atoms with Gasteiger partial charge in [-0.3, -0.25) is 4.79 Å². The van der Waals surface area contributed by atoms with E-state index in [1.165, 1.54) is 0 Å². The predicted octanol–water partition coefficient (Wildman–Crippen LogP) is 5.62. The molecule has 1 N–H and O–H groups in total. The molecule has 4 aromatic rings. The van der Waals surface area contributed by atoms with Gasteiger partial charge in [-0.25, -0.2) is 0 Å². The van der Waals surface area contributed by atoms with Gasteiger partial charge in [0.05, 0.1) is 0 Å². The number of H-pyrrole nitrogens is 1. The minimum absolute atomic E-state index is 0.209.